The van der Waals surface area contributed by atoms with Crippen molar-refractivity contribution in [2.75, 3.05) is 31.1 Å². The molecule has 2 aliphatic heterocycles. The largest absolute Gasteiger partial charge is 0.365 e. The number of nitrogens with zero attached hydrogens (tertiary/aromatic N) is 1. The fourth-order valence-electron chi connectivity index (χ4n) is 4.89. The Hall–Kier alpha value is -1.11. The summed E-state index contributed by atoms with van der Waals surface area (Å²) in [5.74, 6) is -0.540. The molecule has 2 N–H and O–H groups in total. The number of carbonyl (C=O) groups excluding carboxylic acids is 1. The van der Waals surface area contributed by atoms with Gasteiger partial charge in [-0.1, -0.05) is 18.9 Å². The molecule has 3 fully saturated rings. The molecular weight excluding hydrogens is 395 g/mol. The number of benzene rings is 1. The Bertz CT molecular complexity index is 658. The molecule has 4 nitrogen and oxygen atoms in total. The zero-order valence-electron chi connectivity index (χ0n) is 15.2. The molecule has 1 aromatic carbocycles. The van der Waals surface area contributed by atoms with Crippen LogP contribution in [0.4, 0.5) is 14.5 Å². The number of halogens is 4. The number of rotatable bonds is 3. The molecule has 1 aromatic rings. The minimum absolute atomic E-state index is 0. The summed E-state index contributed by atoms with van der Waals surface area (Å²) in [5.41, 5.74) is -0.259. The molecule has 1 amide bonds. The molecule has 1 unspecified atom stereocenters. The second-order valence-corrected chi connectivity index (χ2v) is 7.71. The second kappa shape index (κ2) is 8.93. The van der Waals surface area contributed by atoms with Gasteiger partial charge in [0.1, 0.15) is 17.3 Å². The zero-order valence-corrected chi connectivity index (χ0v) is 16.8. The molecule has 27 heavy (non-hydrogen) atoms. The highest BCUT2D eigenvalue weighted by Gasteiger charge is 2.50. The molecule has 4 rings (SSSR count). The second-order valence-electron chi connectivity index (χ2n) is 7.71. The van der Waals surface area contributed by atoms with Crippen LogP contribution in [0.1, 0.15) is 32.1 Å². The van der Waals surface area contributed by atoms with Crippen LogP contribution in [-0.2, 0) is 4.79 Å². The van der Waals surface area contributed by atoms with Crippen molar-refractivity contribution in [2.45, 2.75) is 38.1 Å². The number of nitrogens with one attached hydrogen (secondary N) is 2. The van der Waals surface area contributed by atoms with E-state index in [0.29, 0.717) is 25.4 Å². The van der Waals surface area contributed by atoms with Gasteiger partial charge in [-0.25, -0.2) is 8.78 Å². The Morgan fingerprint density at radius 3 is 2.67 bits per heavy atom. The molecule has 152 valence electrons. The quantitative estimate of drug-likeness (QED) is 0.786. The van der Waals surface area contributed by atoms with E-state index >= 15 is 0 Å². The predicted octanol–water partition coefficient (Wildman–Crippen LogP) is 3.28. The van der Waals surface area contributed by atoms with Gasteiger partial charge in [-0.3, -0.25) is 4.79 Å². The van der Waals surface area contributed by atoms with Crippen LogP contribution >= 0.6 is 24.8 Å². The lowest BCUT2D eigenvalue weighted by Gasteiger charge is -2.37. The van der Waals surface area contributed by atoms with Crippen LogP contribution in [0.2, 0.25) is 0 Å². The summed E-state index contributed by atoms with van der Waals surface area (Å²) in [6.07, 6.45) is 5.06. The van der Waals surface area contributed by atoms with Gasteiger partial charge in [-0.2, -0.15) is 0 Å². The van der Waals surface area contributed by atoms with Crippen molar-refractivity contribution in [1.29, 1.82) is 0 Å². The summed E-state index contributed by atoms with van der Waals surface area (Å²) < 4.78 is 28.0. The van der Waals surface area contributed by atoms with Crippen molar-refractivity contribution in [3.63, 3.8) is 0 Å². The minimum atomic E-state index is -0.544. The number of hydrogen-bond donors (Lipinski definition) is 2. The molecule has 0 bridgehead atoms. The molecule has 2 heterocycles. The van der Waals surface area contributed by atoms with E-state index in [1.165, 1.54) is 24.6 Å². The highest BCUT2D eigenvalue weighted by molar-refractivity contribution is 5.85. The maximum atomic E-state index is 14.0. The molecule has 1 aliphatic carbocycles. The highest BCUT2D eigenvalue weighted by atomic mass is 35.5. The van der Waals surface area contributed by atoms with Crippen molar-refractivity contribution in [2.24, 2.45) is 11.3 Å². The van der Waals surface area contributed by atoms with Gasteiger partial charge in [0.25, 0.3) is 0 Å². The third kappa shape index (κ3) is 4.03. The molecule has 8 heteroatoms. The third-order valence-electron chi connectivity index (χ3n) is 6.27. The van der Waals surface area contributed by atoms with E-state index in [0.717, 1.165) is 32.4 Å². The fraction of sp³-hybridized carbons (Fsp3) is 0.632. The molecule has 0 radical (unpaired) electrons. The van der Waals surface area contributed by atoms with Crippen LogP contribution in [0.3, 0.4) is 0 Å². The average molecular weight is 422 g/mol. The van der Waals surface area contributed by atoms with E-state index in [1.807, 2.05) is 0 Å². The third-order valence-corrected chi connectivity index (χ3v) is 6.27. The van der Waals surface area contributed by atoms with Gasteiger partial charge in [0.05, 0.1) is 5.41 Å². The lowest BCUT2D eigenvalue weighted by atomic mass is 9.67. The summed E-state index contributed by atoms with van der Waals surface area (Å²) in [4.78, 5) is 14.7. The zero-order chi connectivity index (χ0) is 17.4. The van der Waals surface area contributed by atoms with E-state index in [2.05, 4.69) is 10.6 Å². The monoisotopic (exact) mass is 421 g/mol. The smallest absolute Gasteiger partial charge is 0.228 e. The molecule has 0 aromatic heterocycles. The van der Waals surface area contributed by atoms with Crippen LogP contribution in [0, 0.1) is 23.0 Å². The molecule has 3 aliphatic rings. The van der Waals surface area contributed by atoms with Crippen molar-refractivity contribution in [3.05, 3.63) is 29.8 Å². The highest BCUT2D eigenvalue weighted by Crippen LogP contribution is 2.44. The van der Waals surface area contributed by atoms with Crippen LogP contribution in [0.15, 0.2) is 18.2 Å². The van der Waals surface area contributed by atoms with Crippen molar-refractivity contribution in [3.8, 4) is 0 Å². The fourth-order valence-corrected chi connectivity index (χ4v) is 4.89. The number of hydrogen-bond acceptors (Lipinski definition) is 3. The van der Waals surface area contributed by atoms with Crippen molar-refractivity contribution >= 4 is 36.4 Å². The molecule has 1 saturated carbocycles. The van der Waals surface area contributed by atoms with Gasteiger partial charge in [-0.15, -0.1) is 24.8 Å². The average Bonchev–Trinajstić information content (AvgIpc) is 3.22. The first-order valence-corrected chi connectivity index (χ1v) is 9.31. The lowest BCUT2D eigenvalue weighted by Crippen LogP contribution is -2.51. The van der Waals surface area contributed by atoms with Crippen molar-refractivity contribution < 1.29 is 13.6 Å². The normalized spacial score (nSPS) is 29.5. The van der Waals surface area contributed by atoms with Crippen LogP contribution in [-0.4, -0.2) is 38.1 Å². The summed E-state index contributed by atoms with van der Waals surface area (Å²) >= 11 is 0. The van der Waals surface area contributed by atoms with E-state index in [4.69, 9.17) is 0 Å². The predicted molar refractivity (Wildman–Crippen MR) is 107 cm³/mol. The first kappa shape index (κ1) is 22.2. The summed E-state index contributed by atoms with van der Waals surface area (Å²) in [6, 6.07) is 3.88. The molecule has 0 spiro atoms. The summed E-state index contributed by atoms with van der Waals surface area (Å²) in [5, 5.41) is 6.57. The lowest BCUT2D eigenvalue weighted by molar-refractivity contribution is -0.134. The van der Waals surface area contributed by atoms with E-state index in [-0.39, 0.29) is 47.9 Å². The number of para-hydroxylation sites is 1. The standard InChI is InChI=1S/C19H25F2N3O.2ClH/c20-15-5-3-6-16(21)17(15)24-9-7-14(11-24)23-18(25)19-8-2-1-4-13(19)10-22-12-19;;/h3,5-6,13-14,22H,1-2,4,7-12H2,(H,23,25);2*1H/t13-,14?,19+;;/m0../s1. The van der Waals surface area contributed by atoms with Gasteiger partial charge in [0, 0.05) is 25.7 Å². The van der Waals surface area contributed by atoms with Crippen molar-refractivity contribution in [1.82, 2.24) is 10.6 Å². The molecule has 2 saturated heterocycles. The molecule has 3 atom stereocenters. The first-order valence-electron chi connectivity index (χ1n) is 9.31. The van der Waals surface area contributed by atoms with E-state index in [1.54, 1.807) is 4.90 Å². The molecular formula is C19H27Cl2F2N3O. The Balaban J connectivity index is 0.00000131. The van der Waals surface area contributed by atoms with Gasteiger partial charge < -0.3 is 15.5 Å². The number of anilines is 1. The van der Waals surface area contributed by atoms with Crippen LogP contribution in [0.25, 0.3) is 0 Å². The van der Waals surface area contributed by atoms with Crippen LogP contribution < -0.4 is 15.5 Å². The number of amides is 1. The van der Waals surface area contributed by atoms with Crippen LogP contribution in [0.5, 0.6) is 0 Å². The first-order chi connectivity index (χ1) is 12.1. The topological polar surface area (TPSA) is 44.4 Å². The SMILES string of the molecule is Cl.Cl.O=C(NC1CCN(c2c(F)cccc2F)C1)[C@@]12CCCC[C@H]1CNC2. The van der Waals surface area contributed by atoms with Gasteiger partial charge in [0.15, 0.2) is 0 Å². The maximum absolute atomic E-state index is 14.0. The van der Waals surface area contributed by atoms with Gasteiger partial charge in [-0.05, 0) is 43.9 Å². The summed E-state index contributed by atoms with van der Waals surface area (Å²) in [6.45, 7) is 2.68. The maximum Gasteiger partial charge on any atom is 0.228 e. The van der Waals surface area contributed by atoms with Gasteiger partial charge >= 0.3 is 0 Å². The Kier molecular flexibility index (Phi) is 7.33. The number of carbonyl (C=O) groups is 1. The number of fused-ring (bicyclic) bond motifs is 1. The Morgan fingerprint density at radius 1 is 1.19 bits per heavy atom. The summed E-state index contributed by atoms with van der Waals surface area (Å²) in [7, 11) is 0. The Morgan fingerprint density at radius 2 is 1.93 bits per heavy atom. The Labute approximate surface area is 171 Å². The van der Waals surface area contributed by atoms with E-state index in [9.17, 15) is 13.6 Å². The minimum Gasteiger partial charge on any atom is -0.365 e. The van der Waals surface area contributed by atoms with Gasteiger partial charge in [0.2, 0.25) is 5.91 Å². The van der Waals surface area contributed by atoms with E-state index < -0.39 is 11.6 Å².